The van der Waals surface area contributed by atoms with Gasteiger partial charge in [0.2, 0.25) is 0 Å². The molecule has 34 heavy (non-hydrogen) atoms. The molecule has 0 amide bonds. The summed E-state index contributed by atoms with van der Waals surface area (Å²) in [5, 5.41) is -7.04. The van der Waals surface area contributed by atoms with Gasteiger partial charge in [-0.3, -0.25) is 4.55 Å². The molecule has 0 aromatic carbocycles. The molecule has 0 saturated carbocycles. The molecule has 0 aliphatic carbocycles. The van der Waals surface area contributed by atoms with E-state index in [2.05, 4.69) is 11.6 Å². The van der Waals surface area contributed by atoms with Crippen molar-refractivity contribution in [2.75, 3.05) is 0 Å². The van der Waals surface area contributed by atoms with Gasteiger partial charge < -0.3 is 0 Å². The van der Waals surface area contributed by atoms with Crippen molar-refractivity contribution in [2.45, 2.75) is 52.9 Å². The van der Waals surface area contributed by atoms with E-state index in [1.54, 1.807) is 0 Å². The van der Waals surface area contributed by atoms with Crippen LogP contribution in [-0.2, 0) is 14.6 Å². The Labute approximate surface area is 221 Å². The van der Waals surface area contributed by atoms with E-state index in [-0.39, 0.29) is 51.4 Å². The Kier molecular flexibility index (Phi) is 10.1. The van der Waals surface area contributed by atoms with Crippen LogP contribution in [0.2, 0.25) is 0 Å². The molecule has 0 heterocycles. The van der Waals surface area contributed by atoms with E-state index in [0.29, 0.717) is 0 Å². The van der Waals surface area contributed by atoms with Gasteiger partial charge in [0.25, 0.3) is 0 Å². The van der Waals surface area contributed by atoms with E-state index in [9.17, 15) is 87.4 Å². The van der Waals surface area contributed by atoms with Gasteiger partial charge in [-0.1, -0.05) is 0 Å². The minimum absolute atomic E-state index is 0. The van der Waals surface area contributed by atoms with Crippen molar-refractivity contribution in [3.8, 4) is 0 Å². The first kappa shape index (κ1) is 36.7. The molecule has 25 heteroatoms. The van der Waals surface area contributed by atoms with Gasteiger partial charge in [0.05, 0.1) is 0 Å². The summed E-state index contributed by atoms with van der Waals surface area (Å²) in [5.74, 6) is -60.7. The maximum atomic E-state index is 13.9. The van der Waals surface area contributed by atoms with Crippen molar-refractivity contribution in [3.63, 3.8) is 0 Å². The average molecular weight is 622 g/mol. The molecule has 1 radical (unpaired) electrons. The second-order valence-corrected chi connectivity index (χ2v) is 7.05. The Morgan fingerprint density at radius 1 is 0.529 bits per heavy atom. The third-order valence-corrected chi connectivity index (χ3v) is 3.99. The summed E-state index contributed by atoms with van der Waals surface area (Å²) < 4.78 is 264. The number of rotatable bonds is 9. The molecule has 0 aliphatic heterocycles. The van der Waals surface area contributed by atoms with Crippen LogP contribution in [0.5, 0.6) is 0 Å². The SMILES string of the molecule is O=S(=O)(O)OC(F)(C(F)(F)C(F)(F)F)C(F)(F)C(F)(F)C(F)(F)C(F)(F)C(F)(F)C(F)(F)Cl.[K]. The predicted octanol–water partition coefficient (Wildman–Crippen LogP) is 5.30. The van der Waals surface area contributed by atoms with Crippen LogP contribution >= 0.6 is 11.6 Å². The summed E-state index contributed by atoms with van der Waals surface area (Å²) in [6.45, 7) is 0. The molecule has 1 unspecified atom stereocenters. The van der Waals surface area contributed by atoms with Crippen LogP contribution in [0.1, 0.15) is 0 Å². The van der Waals surface area contributed by atoms with Crippen LogP contribution in [0.4, 0.5) is 79.0 Å². The summed E-state index contributed by atoms with van der Waals surface area (Å²) >= 11 is 3.28. The quantitative estimate of drug-likeness (QED) is 0.164. The van der Waals surface area contributed by atoms with Crippen molar-refractivity contribution in [1.82, 2.24) is 0 Å². The molecular formula is C9HClF18KO4S. The first-order valence-electron chi connectivity index (χ1n) is 6.48. The third kappa shape index (κ3) is 5.25. The zero-order chi connectivity index (χ0) is 27.7. The van der Waals surface area contributed by atoms with Gasteiger partial charge in [-0.15, -0.1) is 0 Å². The fraction of sp³-hybridized carbons (Fsp3) is 1.00. The molecule has 0 aromatic heterocycles. The van der Waals surface area contributed by atoms with E-state index in [1.807, 2.05) is 0 Å². The number of hydrogen-bond donors (Lipinski definition) is 1. The van der Waals surface area contributed by atoms with E-state index < -0.39 is 63.3 Å². The van der Waals surface area contributed by atoms with Crippen LogP contribution in [0.3, 0.4) is 0 Å². The Morgan fingerprint density at radius 2 is 0.794 bits per heavy atom. The molecule has 0 aromatic rings. The van der Waals surface area contributed by atoms with Crippen molar-refractivity contribution >= 4 is 73.4 Å². The Bertz CT molecular complexity index is 850. The summed E-state index contributed by atoms with van der Waals surface area (Å²) in [4.78, 5) is 0. The fourth-order valence-electron chi connectivity index (χ4n) is 1.60. The van der Waals surface area contributed by atoms with Crippen LogP contribution in [0.15, 0.2) is 0 Å². The van der Waals surface area contributed by atoms with Crippen molar-refractivity contribution in [3.05, 3.63) is 0 Å². The maximum Gasteiger partial charge on any atom is 0.459 e. The van der Waals surface area contributed by atoms with Crippen LogP contribution < -0.4 is 0 Å². The van der Waals surface area contributed by atoms with E-state index in [0.717, 1.165) is 0 Å². The molecule has 1 N–H and O–H groups in total. The third-order valence-electron chi connectivity index (χ3n) is 3.32. The number of halogens is 19. The van der Waals surface area contributed by atoms with Crippen molar-refractivity contribution in [1.29, 1.82) is 0 Å². The monoisotopic (exact) mass is 621 g/mol. The summed E-state index contributed by atoms with van der Waals surface area (Å²) in [5.41, 5.74) is 0. The largest absolute Gasteiger partial charge is 0.459 e. The van der Waals surface area contributed by atoms with E-state index >= 15 is 0 Å². The summed E-state index contributed by atoms with van der Waals surface area (Å²) in [6.07, 6.45) is -8.04. The van der Waals surface area contributed by atoms with Crippen molar-refractivity contribution < 1.29 is 96.2 Å². The van der Waals surface area contributed by atoms with Gasteiger partial charge in [0, 0.05) is 51.4 Å². The number of alkyl halides is 19. The summed E-state index contributed by atoms with van der Waals surface area (Å²) in [6, 6.07) is 0. The van der Waals surface area contributed by atoms with Crippen LogP contribution in [-0.4, -0.2) is 117 Å². The number of hydrogen-bond acceptors (Lipinski definition) is 3. The summed E-state index contributed by atoms with van der Waals surface area (Å²) in [7, 11) is -7.59. The van der Waals surface area contributed by atoms with Gasteiger partial charge in [-0.05, 0) is 11.6 Å². The first-order chi connectivity index (χ1) is 13.7. The van der Waals surface area contributed by atoms with Gasteiger partial charge in [-0.2, -0.15) is 91.6 Å². The van der Waals surface area contributed by atoms with E-state index in [4.69, 9.17) is 4.55 Å². The molecule has 0 fully saturated rings. The Morgan fingerprint density at radius 3 is 1.03 bits per heavy atom. The molecule has 0 bridgehead atoms. The van der Waals surface area contributed by atoms with Crippen molar-refractivity contribution in [2.24, 2.45) is 0 Å². The molecule has 201 valence electrons. The Hall–Kier alpha value is 0.536. The zero-order valence-electron chi connectivity index (χ0n) is 14.8. The molecule has 4 nitrogen and oxygen atoms in total. The van der Waals surface area contributed by atoms with Gasteiger partial charge in [-0.25, -0.2) is 0 Å². The zero-order valence-corrected chi connectivity index (χ0v) is 19.5. The normalized spacial score (nSPS) is 17.8. The second kappa shape index (κ2) is 9.38. The first-order valence-corrected chi connectivity index (χ1v) is 8.22. The Balaban J connectivity index is 0. The predicted molar refractivity (Wildman–Crippen MR) is 68.8 cm³/mol. The molecule has 0 rings (SSSR count). The molecule has 0 aliphatic rings. The van der Waals surface area contributed by atoms with Gasteiger partial charge in [0.15, 0.2) is 0 Å². The average Bonchev–Trinajstić information content (AvgIpc) is 2.49. The molecule has 0 saturated heterocycles. The van der Waals surface area contributed by atoms with E-state index in [1.165, 1.54) is 4.18 Å². The van der Waals surface area contributed by atoms with Crippen LogP contribution in [0.25, 0.3) is 0 Å². The standard InChI is InChI=1S/C9HClF18O4S.K/c10-8(24,25)5(19,20)3(15,16)1(11,12)2(13,14)4(17,18)7(23,32-33(29,30)31)6(21,22)9(26,27)28;/h(H,29,30,31);. The van der Waals surface area contributed by atoms with Crippen LogP contribution in [0, 0.1) is 0 Å². The van der Waals surface area contributed by atoms with Gasteiger partial charge in [0.1, 0.15) is 0 Å². The topological polar surface area (TPSA) is 63.6 Å². The molecule has 0 spiro atoms. The minimum atomic E-state index is -9.07. The smallest absolute Gasteiger partial charge is 0.263 e. The fourth-order valence-corrected chi connectivity index (χ4v) is 2.22. The second-order valence-electron chi connectivity index (χ2n) is 5.55. The van der Waals surface area contributed by atoms with Gasteiger partial charge >= 0.3 is 63.3 Å². The molecular weight excluding hydrogens is 621 g/mol. The molecule has 1 atom stereocenters. The minimum Gasteiger partial charge on any atom is -0.263 e. The maximum absolute atomic E-state index is 13.9.